The fraction of sp³-hybridized carbons (Fsp3) is 0.389. The summed E-state index contributed by atoms with van der Waals surface area (Å²) in [5.41, 5.74) is 1.04. The molecule has 0 saturated heterocycles. The van der Waals surface area contributed by atoms with Crippen molar-refractivity contribution in [2.45, 2.75) is 26.4 Å². The average Bonchev–Trinajstić information content (AvgIpc) is 3.08. The van der Waals surface area contributed by atoms with Crippen molar-refractivity contribution < 1.29 is 9.90 Å². The molecule has 1 atom stereocenters. The van der Waals surface area contributed by atoms with Crippen LogP contribution >= 0.6 is 22.9 Å². The predicted octanol–water partition coefficient (Wildman–Crippen LogP) is 2.72. The largest absolute Gasteiger partial charge is 0.386 e. The first-order valence-corrected chi connectivity index (χ1v) is 9.85. The lowest BCUT2D eigenvalue weighted by molar-refractivity contribution is -0.116. The van der Waals surface area contributed by atoms with E-state index >= 15 is 0 Å². The number of carbonyl (C=O) groups is 1. The summed E-state index contributed by atoms with van der Waals surface area (Å²) in [4.78, 5) is 21.3. The fourth-order valence-corrected chi connectivity index (χ4v) is 3.20. The van der Waals surface area contributed by atoms with Crippen LogP contribution in [0.2, 0.25) is 4.34 Å². The Balaban J connectivity index is 1.79. The normalized spacial score (nSPS) is 12.5. The molecule has 0 aliphatic heterocycles. The van der Waals surface area contributed by atoms with Crippen molar-refractivity contribution >= 4 is 40.6 Å². The summed E-state index contributed by atoms with van der Waals surface area (Å²) in [7, 11) is 0. The molecule has 1 amide bonds. The summed E-state index contributed by atoms with van der Waals surface area (Å²) in [6.45, 7) is 5.17. The Morgan fingerprint density at radius 3 is 2.78 bits per heavy atom. The number of guanidine groups is 1. The highest BCUT2D eigenvalue weighted by molar-refractivity contribution is 7.16. The zero-order valence-electron chi connectivity index (χ0n) is 15.3. The van der Waals surface area contributed by atoms with Crippen LogP contribution in [0.15, 0.2) is 35.5 Å². The van der Waals surface area contributed by atoms with Crippen molar-refractivity contribution in [3.8, 4) is 0 Å². The van der Waals surface area contributed by atoms with Crippen LogP contribution in [0.5, 0.6) is 0 Å². The number of thiophene rings is 1. The van der Waals surface area contributed by atoms with Gasteiger partial charge in [0.05, 0.1) is 10.9 Å². The van der Waals surface area contributed by atoms with Crippen LogP contribution in [-0.2, 0) is 4.79 Å². The van der Waals surface area contributed by atoms with E-state index in [9.17, 15) is 9.90 Å². The molecule has 2 aromatic heterocycles. The third-order valence-corrected chi connectivity index (χ3v) is 4.84. The minimum atomic E-state index is -0.714. The number of halogens is 1. The summed E-state index contributed by atoms with van der Waals surface area (Å²) in [5, 5.41) is 19.1. The second kappa shape index (κ2) is 10.9. The number of carbonyl (C=O) groups excluding carboxylic acids is 1. The van der Waals surface area contributed by atoms with E-state index in [-0.39, 0.29) is 18.9 Å². The van der Waals surface area contributed by atoms with Crippen LogP contribution in [0, 0.1) is 6.92 Å². The predicted molar refractivity (Wildman–Crippen MR) is 110 cm³/mol. The first kappa shape index (κ1) is 21.1. The first-order chi connectivity index (χ1) is 13.0. The highest BCUT2D eigenvalue weighted by Crippen LogP contribution is 2.26. The number of aliphatic hydroxyl groups excluding tert-OH is 1. The van der Waals surface area contributed by atoms with Gasteiger partial charge >= 0.3 is 0 Å². The van der Waals surface area contributed by atoms with Gasteiger partial charge in [-0.25, -0.2) is 4.98 Å². The number of anilines is 1. The minimum Gasteiger partial charge on any atom is -0.386 e. The molecule has 7 nitrogen and oxygen atoms in total. The van der Waals surface area contributed by atoms with E-state index in [0.717, 1.165) is 10.4 Å². The number of nitrogens with zero attached hydrogens (tertiary/aromatic N) is 2. The zero-order chi connectivity index (χ0) is 19.6. The molecule has 0 bridgehead atoms. The van der Waals surface area contributed by atoms with Crippen LogP contribution in [0.4, 0.5) is 5.82 Å². The van der Waals surface area contributed by atoms with Crippen molar-refractivity contribution in [1.82, 2.24) is 15.6 Å². The topological polar surface area (TPSA) is 98.6 Å². The van der Waals surface area contributed by atoms with Gasteiger partial charge in [0.15, 0.2) is 5.96 Å². The van der Waals surface area contributed by atoms with Crippen molar-refractivity contribution in [1.29, 1.82) is 0 Å². The third-order valence-electron chi connectivity index (χ3n) is 3.51. The standard InChI is InChI=1S/C18H24ClN5O2S/c1-3-20-18(23-11-13(25)14-5-6-15(19)27-14)21-9-8-17(26)24-16-7-4-12(2)10-22-16/h4-7,10,13,25H,3,8-9,11H2,1-2H3,(H2,20,21,23)(H,22,24,26). The van der Waals surface area contributed by atoms with E-state index in [4.69, 9.17) is 11.6 Å². The number of aliphatic imine (C=N–C) groups is 1. The molecule has 9 heteroatoms. The lowest BCUT2D eigenvalue weighted by Crippen LogP contribution is -2.39. The molecule has 0 fully saturated rings. The number of rotatable bonds is 8. The van der Waals surface area contributed by atoms with Crippen LogP contribution in [0.1, 0.15) is 29.9 Å². The fourth-order valence-electron chi connectivity index (χ4n) is 2.16. The van der Waals surface area contributed by atoms with E-state index in [2.05, 4.69) is 25.9 Å². The molecular weight excluding hydrogens is 386 g/mol. The summed E-state index contributed by atoms with van der Waals surface area (Å²) in [6, 6.07) is 7.20. The van der Waals surface area contributed by atoms with Gasteiger partial charge in [0.25, 0.3) is 0 Å². The molecule has 27 heavy (non-hydrogen) atoms. The Morgan fingerprint density at radius 1 is 1.33 bits per heavy atom. The minimum absolute atomic E-state index is 0.136. The molecule has 2 heterocycles. The van der Waals surface area contributed by atoms with E-state index in [1.54, 1.807) is 24.4 Å². The van der Waals surface area contributed by atoms with E-state index in [1.807, 2.05) is 19.9 Å². The number of aryl methyl sites for hydroxylation is 1. The van der Waals surface area contributed by atoms with Gasteiger partial charge in [0.2, 0.25) is 5.91 Å². The monoisotopic (exact) mass is 409 g/mol. The smallest absolute Gasteiger partial charge is 0.227 e. The summed E-state index contributed by atoms with van der Waals surface area (Å²) in [5.74, 6) is 0.937. The van der Waals surface area contributed by atoms with Gasteiger partial charge in [0, 0.05) is 30.6 Å². The maximum atomic E-state index is 12.0. The second-order valence-corrected chi connectivity index (χ2v) is 7.57. The zero-order valence-corrected chi connectivity index (χ0v) is 16.9. The molecule has 0 aromatic carbocycles. The number of amides is 1. The SMILES string of the molecule is CCNC(=NCC(O)c1ccc(Cl)s1)NCCC(=O)Nc1ccc(C)cn1. The van der Waals surface area contributed by atoms with Crippen molar-refractivity contribution in [3.05, 3.63) is 45.2 Å². The van der Waals surface area contributed by atoms with Crippen LogP contribution in [-0.4, -0.2) is 41.6 Å². The number of hydrogen-bond acceptors (Lipinski definition) is 5. The van der Waals surface area contributed by atoms with E-state index < -0.39 is 6.10 Å². The maximum absolute atomic E-state index is 12.0. The van der Waals surface area contributed by atoms with Gasteiger partial charge < -0.3 is 21.1 Å². The van der Waals surface area contributed by atoms with Gasteiger partial charge in [-0.15, -0.1) is 11.3 Å². The second-order valence-electron chi connectivity index (χ2n) is 5.82. The molecule has 146 valence electrons. The lowest BCUT2D eigenvalue weighted by atomic mass is 10.3. The molecule has 1 unspecified atom stereocenters. The number of aromatic nitrogens is 1. The van der Waals surface area contributed by atoms with Gasteiger partial charge in [-0.05, 0) is 37.6 Å². The Hall–Kier alpha value is -2.16. The lowest BCUT2D eigenvalue weighted by Gasteiger charge is -2.12. The maximum Gasteiger partial charge on any atom is 0.227 e. The van der Waals surface area contributed by atoms with E-state index in [1.165, 1.54) is 11.3 Å². The molecule has 0 spiro atoms. The highest BCUT2D eigenvalue weighted by Gasteiger charge is 2.10. The highest BCUT2D eigenvalue weighted by atomic mass is 35.5. The Kier molecular flexibility index (Phi) is 8.50. The van der Waals surface area contributed by atoms with Crippen LogP contribution in [0.3, 0.4) is 0 Å². The summed E-state index contributed by atoms with van der Waals surface area (Å²) >= 11 is 7.22. The molecule has 0 radical (unpaired) electrons. The van der Waals surface area contributed by atoms with Crippen molar-refractivity contribution in [2.24, 2.45) is 4.99 Å². The summed E-state index contributed by atoms with van der Waals surface area (Å²) in [6.07, 6.45) is 1.26. The average molecular weight is 410 g/mol. The Labute approximate surface area is 167 Å². The Morgan fingerprint density at radius 2 is 2.15 bits per heavy atom. The molecule has 0 aliphatic rings. The number of aliphatic hydroxyl groups is 1. The quantitative estimate of drug-likeness (QED) is 0.397. The molecule has 2 aromatic rings. The third kappa shape index (κ3) is 7.54. The molecular formula is C18H24ClN5O2S. The first-order valence-electron chi connectivity index (χ1n) is 8.66. The van der Waals surface area contributed by atoms with Crippen molar-refractivity contribution in [3.63, 3.8) is 0 Å². The molecule has 0 aliphatic carbocycles. The number of nitrogens with one attached hydrogen (secondary N) is 3. The van der Waals surface area contributed by atoms with Gasteiger partial charge in [0.1, 0.15) is 11.9 Å². The molecule has 2 rings (SSSR count). The number of hydrogen-bond donors (Lipinski definition) is 4. The van der Waals surface area contributed by atoms with Gasteiger partial charge in [-0.1, -0.05) is 17.7 Å². The number of pyridine rings is 1. The Bertz CT molecular complexity index is 763. The van der Waals surface area contributed by atoms with E-state index in [0.29, 0.717) is 29.2 Å². The van der Waals surface area contributed by atoms with Crippen LogP contribution in [0.25, 0.3) is 0 Å². The summed E-state index contributed by atoms with van der Waals surface area (Å²) < 4.78 is 0.632. The van der Waals surface area contributed by atoms with Crippen molar-refractivity contribution in [2.75, 3.05) is 25.0 Å². The van der Waals surface area contributed by atoms with Crippen LogP contribution < -0.4 is 16.0 Å². The van der Waals surface area contributed by atoms with Gasteiger partial charge in [-0.2, -0.15) is 0 Å². The van der Waals surface area contributed by atoms with Gasteiger partial charge in [-0.3, -0.25) is 9.79 Å². The molecule has 0 saturated carbocycles. The molecule has 4 N–H and O–H groups in total.